The summed E-state index contributed by atoms with van der Waals surface area (Å²) in [5, 5.41) is 5.06. The molecule has 0 N–H and O–H groups in total. The van der Waals surface area contributed by atoms with Gasteiger partial charge >= 0.3 is 0 Å². The maximum Gasteiger partial charge on any atom is 0.164 e. The van der Waals surface area contributed by atoms with Crippen LogP contribution in [0.4, 0.5) is 0 Å². The van der Waals surface area contributed by atoms with Crippen LogP contribution in [0.5, 0.6) is 0 Å². The summed E-state index contributed by atoms with van der Waals surface area (Å²) in [5.41, 5.74) is 10.9. The Bertz CT molecular complexity index is 2910. The maximum absolute atomic E-state index is 5.01. The molecule has 0 aliphatic carbocycles. The van der Waals surface area contributed by atoms with Crippen LogP contribution < -0.4 is 0 Å². The quantitative estimate of drug-likeness (QED) is 0.176. The van der Waals surface area contributed by atoms with E-state index in [2.05, 4.69) is 162 Å². The van der Waals surface area contributed by atoms with Crippen LogP contribution in [0.1, 0.15) is 0 Å². The van der Waals surface area contributed by atoms with E-state index in [1.54, 1.807) is 0 Å². The molecule has 53 heavy (non-hydrogen) atoms. The average Bonchev–Trinajstić information content (AvgIpc) is 3.59. The van der Waals surface area contributed by atoms with Gasteiger partial charge < -0.3 is 4.57 Å². The van der Waals surface area contributed by atoms with Crippen molar-refractivity contribution >= 4 is 32.6 Å². The number of hydrogen-bond acceptors (Lipinski definition) is 3. The minimum absolute atomic E-state index is 0.638. The van der Waals surface area contributed by atoms with Gasteiger partial charge in [0.05, 0.1) is 11.0 Å². The number of fused-ring (bicyclic) bond motifs is 5. The Balaban J connectivity index is 1.03. The second-order valence-electron chi connectivity index (χ2n) is 13.3. The minimum atomic E-state index is 0.638. The number of hydrogen-bond donors (Lipinski definition) is 0. The molecule has 0 bridgehead atoms. The molecular formula is C49H32N4. The molecule has 0 aliphatic rings. The molecule has 0 saturated heterocycles. The summed E-state index contributed by atoms with van der Waals surface area (Å²) in [7, 11) is 0. The summed E-state index contributed by atoms with van der Waals surface area (Å²) in [6, 6.07) is 68.1. The SMILES string of the molecule is c1ccc(-c2ccc(-c3nc(-c4ccccc4)nc(-c4ccc(-c5cccc(-n6c7ccccc7c7c8ccccc8ccc76)c5)cc4)n3)cc2)cc1. The second kappa shape index (κ2) is 12.9. The van der Waals surface area contributed by atoms with E-state index >= 15 is 0 Å². The Labute approximate surface area is 307 Å². The molecule has 0 amide bonds. The normalized spacial score (nSPS) is 11.4. The van der Waals surface area contributed by atoms with E-state index in [1.165, 1.54) is 38.1 Å². The topological polar surface area (TPSA) is 43.6 Å². The summed E-state index contributed by atoms with van der Waals surface area (Å²) in [4.78, 5) is 14.9. The molecule has 0 unspecified atom stereocenters. The van der Waals surface area contributed by atoms with E-state index in [1.807, 2.05) is 36.4 Å². The third-order valence-corrected chi connectivity index (χ3v) is 10.1. The van der Waals surface area contributed by atoms with Gasteiger partial charge in [-0.2, -0.15) is 0 Å². The highest BCUT2D eigenvalue weighted by molar-refractivity contribution is 6.21. The van der Waals surface area contributed by atoms with Gasteiger partial charge in [-0.15, -0.1) is 0 Å². The molecule has 0 spiro atoms. The van der Waals surface area contributed by atoms with Crippen molar-refractivity contribution in [1.29, 1.82) is 0 Å². The summed E-state index contributed by atoms with van der Waals surface area (Å²) >= 11 is 0. The van der Waals surface area contributed by atoms with Crippen molar-refractivity contribution in [3.05, 3.63) is 194 Å². The Morgan fingerprint density at radius 3 is 1.43 bits per heavy atom. The highest BCUT2D eigenvalue weighted by atomic mass is 15.0. The summed E-state index contributed by atoms with van der Waals surface area (Å²) < 4.78 is 2.39. The van der Waals surface area contributed by atoms with Gasteiger partial charge in [-0.3, -0.25) is 0 Å². The van der Waals surface area contributed by atoms with Gasteiger partial charge in [0.15, 0.2) is 17.5 Å². The van der Waals surface area contributed by atoms with Crippen molar-refractivity contribution in [3.63, 3.8) is 0 Å². The molecule has 0 atom stereocenters. The van der Waals surface area contributed by atoms with Crippen LogP contribution in [0, 0.1) is 0 Å². The maximum atomic E-state index is 5.01. The van der Waals surface area contributed by atoms with E-state index < -0.39 is 0 Å². The highest BCUT2D eigenvalue weighted by Gasteiger charge is 2.16. The van der Waals surface area contributed by atoms with Gasteiger partial charge in [-0.1, -0.05) is 170 Å². The van der Waals surface area contributed by atoms with Gasteiger partial charge in [0.2, 0.25) is 0 Å². The first-order valence-electron chi connectivity index (χ1n) is 17.9. The van der Waals surface area contributed by atoms with Gasteiger partial charge in [-0.25, -0.2) is 15.0 Å². The van der Waals surface area contributed by atoms with Crippen LogP contribution in [-0.4, -0.2) is 19.5 Å². The molecule has 4 nitrogen and oxygen atoms in total. The lowest BCUT2D eigenvalue weighted by Crippen LogP contribution is -2.00. The summed E-state index contributed by atoms with van der Waals surface area (Å²) in [5.74, 6) is 1.93. The molecule has 10 rings (SSSR count). The Hall–Kier alpha value is -7.17. The van der Waals surface area contributed by atoms with Gasteiger partial charge in [-0.05, 0) is 57.3 Å². The monoisotopic (exact) mass is 676 g/mol. The van der Waals surface area contributed by atoms with Gasteiger partial charge in [0.25, 0.3) is 0 Å². The molecule has 0 radical (unpaired) electrons. The smallest absolute Gasteiger partial charge is 0.164 e. The van der Waals surface area contributed by atoms with E-state index in [9.17, 15) is 0 Å². The molecule has 248 valence electrons. The standard InChI is InChI=1S/C49H32N4/c1-3-12-33(13-4-1)34-22-26-38(27-23-34)48-50-47(37-15-5-2-6-16-37)51-49(52-48)39-28-24-35(25-29-39)40-17-11-18-41(32-40)53-44-21-10-9-20-43(44)46-42-19-8-7-14-36(42)30-31-45(46)53/h1-32H. The van der Waals surface area contributed by atoms with Crippen LogP contribution in [0.25, 0.3) is 94.7 Å². The van der Waals surface area contributed by atoms with Crippen LogP contribution in [-0.2, 0) is 0 Å². The molecule has 0 aliphatic heterocycles. The van der Waals surface area contributed by atoms with E-state index in [0.717, 1.165) is 39.1 Å². The first-order chi connectivity index (χ1) is 26.3. The lowest BCUT2D eigenvalue weighted by atomic mass is 10.0. The second-order valence-corrected chi connectivity index (χ2v) is 13.3. The molecule has 10 aromatic rings. The zero-order valence-corrected chi connectivity index (χ0v) is 28.8. The first kappa shape index (κ1) is 30.6. The van der Waals surface area contributed by atoms with E-state index in [0.29, 0.717) is 17.5 Å². The zero-order chi connectivity index (χ0) is 35.1. The van der Waals surface area contributed by atoms with Gasteiger partial charge in [0.1, 0.15) is 0 Å². The minimum Gasteiger partial charge on any atom is -0.309 e. The van der Waals surface area contributed by atoms with Gasteiger partial charge in [0, 0.05) is 33.2 Å². The van der Waals surface area contributed by atoms with E-state index in [-0.39, 0.29) is 0 Å². The average molecular weight is 677 g/mol. The van der Waals surface area contributed by atoms with Crippen LogP contribution in [0.2, 0.25) is 0 Å². The van der Waals surface area contributed by atoms with E-state index in [4.69, 9.17) is 15.0 Å². The van der Waals surface area contributed by atoms with Crippen molar-refractivity contribution in [2.24, 2.45) is 0 Å². The molecule has 8 aromatic carbocycles. The molecule has 0 saturated carbocycles. The summed E-state index contributed by atoms with van der Waals surface area (Å²) in [6.45, 7) is 0. The lowest BCUT2D eigenvalue weighted by molar-refractivity contribution is 1.07. The van der Waals surface area contributed by atoms with Crippen molar-refractivity contribution in [3.8, 4) is 62.1 Å². The number of aromatic nitrogens is 4. The largest absolute Gasteiger partial charge is 0.309 e. The first-order valence-corrected chi connectivity index (χ1v) is 17.9. The predicted octanol–water partition coefficient (Wildman–Crippen LogP) is 12.5. The number of benzene rings is 8. The van der Waals surface area contributed by atoms with Crippen molar-refractivity contribution < 1.29 is 0 Å². The zero-order valence-electron chi connectivity index (χ0n) is 28.8. The van der Waals surface area contributed by atoms with Crippen molar-refractivity contribution in [2.45, 2.75) is 0 Å². The van der Waals surface area contributed by atoms with Crippen LogP contribution in [0.15, 0.2) is 194 Å². The van der Waals surface area contributed by atoms with Crippen LogP contribution >= 0.6 is 0 Å². The fraction of sp³-hybridized carbons (Fsp3) is 0. The molecule has 4 heteroatoms. The Morgan fingerprint density at radius 2 is 0.774 bits per heavy atom. The third kappa shape index (κ3) is 5.54. The fourth-order valence-electron chi connectivity index (χ4n) is 7.45. The van der Waals surface area contributed by atoms with Crippen LogP contribution in [0.3, 0.4) is 0 Å². The number of para-hydroxylation sites is 1. The predicted molar refractivity (Wildman–Crippen MR) is 219 cm³/mol. The Morgan fingerprint density at radius 1 is 0.302 bits per heavy atom. The third-order valence-electron chi connectivity index (χ3n) is 10.1. The highest BCUT2D eigenvalue weighted by Crippen LogP contribution is 2.38. The summed E-state index contributed by atoms with van der Waals surface area (Å²) in [6.07, 6.45) is 0. The fourth-order valence-corrected chi connectivity index (χ4v) is 7.45. The molecule has 2 heterocycles. The molecule has 0 fully saturated rings. The molecule has 2 aromatic heterocycles. The van der Waals surface area contributed by atoms with Crippen molar-refractivity contribution in [1.82, 2.24) is 19.5 Å². The molecular weight excluding hydrogens is 645 g/mol. The number of nitrogens with zero attached hydrogens (tertiary/aromatic N) is 4. The lowest BCUT2D eigenvalue weighted by Gasteiger charge is -2.12. The van der Waals surface area contributed by atoms with Crippen molar-refractivity contribution in [2.75, 3.05) is 0 Å². The number of rotatable bonds is 6. The Kier molecular flexibility index (Phi) is 7.43.